The zero-order valence-electron chi connectivity index (χ0n) is 14.8. The second kappa shape index (κ2) is 9.00. The van der Waals surface area contributed by atoms with Crippen LogP contribution in [0.15, 0.2) is 59.5 Å². The van der Waals surface area contributed by atoms with Crippen molar-refractivity contribution in [1.82, 2.24) is 15.0 Å². The molecule has 0 bridgehead atoms. The number of anilines is 3. The first kappa shape index (κ1) is 18.7. The maximum absolute atomic E-state index is 11.9. The lowest BCUT2D eigenvalue weighted by Gasteiger charge is -2.08. The van der Waals surface area contributed by atoms with Crippen LogP contribution in [0.3, 0.4) is 0 Å². The zero-order valence-corrected chi connectivity index (χ0v) is 15.6. The van der Waals surface area contributed by atoms with Crippen molar-refractivity contribution >= 4 is 35.3 Å². The average Bonchev–Trinajstić information content (AvgIpc) is 2.67. The van der Waals surface area contributed by atoms with Gasteiger partial charge in [0.2, 0.25) is 11.9 Å². The van der Waals surface area contributed by atoms with Crippen LogP contribution in [0.5, 0.6) is 0 Å². The monoisotopic (exact) mass is 381 g/mol. The van der Waals surface area contributed by atoms with Crippen LogP contribution in [0.4, 0.5) is 17.6 Å². The summed E-state index contributed by atoms with van der Waals surface area (Å²) < 4.78 is 5.23. The smallest absolute Gasteiger partial charge is 0.316 e. The predicted octanol–water partition coefficient (Wildman–Crippen LogP) is 3.34. The van der Waals surface area contributed by atoms with Gasteiger partial charge >= 0.3 is 5.97 Å². The number of benzene rings is 2. The Labute approximate surface area is 161 Å². The van der Waals surface area contributed by atoms with E-state index < -0.39 is 0 Å². The Morgan fingerprint density at radius 1 is 1.07 bits per heavy atom. The van der Waals surface area contributed by atoms with Gasteiger partial charge in [-0.05, 0) is 31.2 Å². The third-order valence-electron chi connectivity index (χ3n) is 3.47. The van der Waals surface area contributed by atoms with Crippen molar-refractivity contribution in [1.29, 1.82) is 0 Å². The van der Waals surface area contributed by atoms with Crippen molar-refractivity contribution in [2.75, 3.05) is 16.8 Å². The van der Waals surface area contributed by atoms with E-state index in [0.717, 1.165) is 16.1 Å². The highest BCUT2D eigenvalue weighted by molar-refractivity contribution is 8.00. The second-order valence-corrected chi connectivity index (χ2v) is 6.74. The van der Waals surface area contributed by atoms with Gasteiger partial charge in [0.05, 0.1) is 5.75 Å². The summed E-state index contributed by atoms with van der Waals surface area (Å²) in [6.07, 6.45) is 0. The van der Waals surface area contributed by atoms with E-state index in [4.69, 9.17) is 10.5 Å². The van der Waals surface area contributed by atoms with Gasteiger partial charge in [0.1, 0.15) is 0 Å². The van der Waals surface area contributed by atoms with Crippen molar-refractivity contribution in [2.45, 2.75) is 18.4 Å². The van der Waals surface area contributed by atoms with E-state index in [1.54, 1.807) is 0 Å². The van der Waals surface area contributed by atoms with E-state index in [2.05, 4.69) is 20.3 Å². The molecule has 0 aliphatic carbocycles. The minimum absolute atomic E-state index is 0.0596. The molecule has 0 spiro atoms. The molecule has 0 aliphatic heterocycles. The number of thioether (sulfide) groups is 1. The standard InChI is InChI=1S/C19H19N5O2S/c1-13-7-9-14(10-8-13)21-19-23-16(22-18(20)24-19)11-26-17(25)12-27-15-5-3-2-4-6-15/h2-10H,11-12H2,1H3,(H3,20,21,22,23,24). The number of aryl methyl sites for hydroxylation is 1. The number of aromatic nitrogens is 3. The molecule has 0 amide bonds. The fraction of sp³-hybridized carbons (Fsp3) is 0.158. The fourth-order valence-electron chi connectivity index (χ4n) is 2.17. The Kier molecular flexibility index (Phi) is 6.22. The highest BCUT2D eigenvalue weighted by Gasteiger charge is 2.09. The lowest BCUT2D eigenvalue weighted by Crippen LogP contribution is -2.12. The van der Waals surface area contributed by atoms with Crippen LogP contribution in [0.25, 0.3) is 0 Å². The molecule has 3 aromatic rings. The second-order valence-electron chi connectivity index (χ2n) is 5.69. The molecule has 0 unspecified atom stereocenters. The summed E-state index contributed by atoms with van der Waals surface area (Å²) in [4.78, 5) is 25.2. The highest BCUT2D eigenvalue weighted by Crippen LogP contribution is 2.17. The van der Waals surface area contributed by atoms with Crippen LogP contribution >= 0.6 is 11.8 Å². The number of hydrogen-bond donors (Lipinski definition) is 2. The van der Waals surface area contributed by atoms with Gasteiger partial charge in [-0.15, -0.1) is 11.8 Å². The molecule has 0 fully saturated rings. The molecular weight excluding hydrogens is 362 g/mol. The summed E-state index contributed by atoms with van der Waals surface area (Å²) in [7, 11) is 0. The Morgan fingerprint density at radius 2 is 1.81 bits per heavy atom. The van der Waals surface area contributed by atoms with Crippen molar-refractivity contribution in [3.05, 3.63) is 66.0 Å². The topological polar surface area (TPSA) is 103 Å². The van der Waals surface area contributed by atoms with Crippen LogP contribution in [0.1, 0.15) is 11.4 Å². The highest BCUT2D eigenvalue weighted by atomic mass is 32.2. The molecule has 7 nitrogen and oxygen atoms in total. The summed E-state index contributed by atoms with van der Waals surface area (Å²) in [5.41, 5.74) is 7.71. The first-order chi connectivity index (χ1) is 13.1. The summed E-state index contributed by atoms with van der Waals surface area (Å²) in [5.74, 6) is 0.505. The number of nitrogens with one attached hydrogen (secondary N) is 1. The molecule has 0 radical (unpaired) electrons. The van der Waals surface area contributed by atoms with Crippen molar-refractivity contribution in [3.8, 4) is 0 Å². The van der Waals surface area contributed by atoms with Crippen LogP contribution in [-0.2, 0) is 16.1 Å². The van der Waals surface area contributed by atoms with Gasteiger partial charge in [-0.25, -0.2) is 0 Å². The van der Waals surface area contributed by atoms with Crippen molar-refractivity contribution < 1.29 is 9.53 Å². The quantitative estimate of drug-likeness (QED) is 0.474. The minimum atomic E-state index is -0.351. The minimum Gasteiger partial charge on any atom is -0.457 e. The number of carbonyl (C=O) groups is 1. The normalized spacial score (nSPS) is 10.4. The number of carbonyl (C=O) groups excluding carboxylic acids is 1. The molecule has 0 saturated carbocycles. The first-order valence-electron chi connectivity index (χ1n) is 8.26. The van der Waals surface area contributed by atoms with Crippen LogP contribution < -0.4 is 11.1 Å². The molecule has 3 N–H and O–H groups in total. The molecule has 0 saturated heterocycles. The van der Waals surface area contributed by atoms with Gasteiger partial charge in [0, 0.05) is 10.6 Å². The molecule has 8 heteroatoms. The van der Waals surface area contributed by atoms with E-state index in [1.165, 1.54) is 11.8 Å². The van der Waals surface area contributed by atoms with Crippen molar-refractivity contribution in [2.24, 2.45) is 0 Å². The lowest BCUT2D eigenvalue weighted by atomic mass is 10.2. The van der Waals surface area contributed by atoms with Gasteiger partial charge in [0.25, 0.3) is 0 Å². The van der Waals surface area contributed by atoms with E-state index in [-0.39, 0.29) is 30.1 Å². The molecule has 0 atom stereocenters. The third kappa shape index (κ3) is 5.96. The SMILES string of the molecule is Cc1ccc(Nc2nc(N)nc(COC(=O)CSc3ccccc3)n2)cc1. The Balaban J connectivity index is 1.55. The van der Waals surface area contributed by atoms with Gasteiger partial charge in [-0.1, -0.05) is 35.9 Å². The van der Waals surface area contributed by atoms with Gasteiger partial charge in [-0.3, -0.25) is 4.79 Å². The molecule has 2 aromatic carbocycles. The number of nitrogen functional groups attached to an aromatic ring is 1. The lowest BCUT2D eigenvalue weighted by molar-refractivity contribution is -0.141. The number of nitrogens with two attached hydrogens (primary N) is 1. The molecule has 27 heavy (non-hydrogen) atoms. The Morgan fingerprint density at radius 3 is 2.56 bits per heavy atom. The largest absolute Gasteiger partial charge is 0.457 e. The summed E-state index contributed by atoms with van der Waals surface area (Å²) >= 11 is 1.41. The zero-order chi connectivity index (χ0) is 19.1. The Bertz CT molecular complexity index is 904. The molecule has 0 aliphatic rings. The molecule has 3 rings (SSSR count). The number of esters is 1. The number of ether oxygens (including phenoxy) is 1. The van der Waals surface area contributed by atoms with E-state index >= 15 is 0 Å². The predicted molar refractivity (Wildman–Crippen MR) is 106 cm³/mol. The summed E-state index contributed by atoms with van der Waals surface area (Å²) in [5, 5.41) is 3.06. The van der Waals surface area contributed by atoms with E-state index in [1.807, 2.05) is 61.5 Å². The third-order valence-corrected chi connectivity index (χ3v) is 4.45. The molecule has 138 valence electrons. The van der Waals surface area contributed by atoms with Gasteiger partial charge < -0.3 is 15.8 Å². The van der Waals surface area contributed by atoms with Gasteiger partial charge in [0.15, 0.2) is 12.4 Å². The maximum Gasteiger partial charge on any atom is 0.316 e. The average molecular weight is 381 g/mol. The van der Waals surface area contributed by atoms with Crippen LogP contribution in [-0.4, -0.2) is 26.7 Å². The van der Waals surface area contributed by atoms with Crippen LogP contribution in [0, 0.1) is 6.92 Å². The van der Waals surface area contributed by atoms with Crippen LogP contribution in [0.2, 0.25) is 0 Å². The number of hydrogen-bond acceptors (Lipinski definition) is 8. The van der Waals surface area contributed by atoms with E-state index in [9.17, 15) is 4.79 Å². The molecular formula is C19H19N5O2S. The Hall–Kier alpha value is -3.13. The summed E-state index contributed by atoms with van der Waals surface area (Å²) in [6.45, 7) is 1.94. The molecule has 1 aromatic heterocycles. The number of nitrogens with zero attached hydrogens (tertiary/aromatic N) is 3. The van der Waals surface area contributed by atoms with E-state index in [0.29, 0.717) is 5.95 Å². The number of rotatable bonds is 7. The van der Waals surface area contributed by atoms with Crippen molar-refractivity contribution in [3.63, 3.8) is 0 Å². The fourth-order valence-corrected chi connectivity index (χ4v) is 2.89. The maximum atomic E-state index is 11.9. The first-order valence-corrected chi connectivity index (χ1v) is 9.24. The summed E-state index contributed by atoms with van der Waals surface area (Å²) in [6, 6.07) is 17.4. The van der Waals surface area contributed by atoms with Gasteiger partial charge in [-0.2, -0.15) is 15.0 Å². The molecule has 1 heterocycles.